The number of carbonyl (C=O) groups is 1. The van der Waals surface area contributed by atoms with Gasteiger partial charge in [-0.3, -0.25) is 0 Å². The van der Waals surface area contributed by atoms with E-state index in [0.29, 0.717) is 0 Å². The fourth-order valence-electron chi connectivity index (χ4n) is 4.43. The van der Waals surface area contributed by atoms with Crippen LogP contribution in [-0.4, -0.2) is 11.6 Å². The summed E-state index contributed by atoms with van der Waals surface area (Å²) in [5.41, 5.74) is -0.153. The topological polar surface area (TPSA) is 38.8 Å². The number of fused-ring (bicyclic) bond motifs is 1. The summed E-state index contributed by atoms with van der Waals surface area (Å²) >= 11 is 0. The van der Waals surface area contributed by atoms with Crippen molar-refractivity contribution < 1.29 is 14.3 Å². The Morgan fingerprint density at radius 2 is 1.08 bits per heavy atom. The van der Waals surface area contributed by atoms with Crippen LogP contribution in [0.15, 0.2) is 91.0 Å². The van der Waals surface area contributed by atoms with E-state index in [2.05, 4.69) is 0 Å². The van der Waals surface area contributed by atoms with Crippen LogP contribution in [0.2, 0.25) is 0 Å². The Bertz CT molecular complexity index is 929. The molecule has 0 amide bonds. The van der Waals surface area contributed by atoms with Gasteiger partial charge in [-0.05, 0) is 12.5 Å². The van der Waals surface area contributed by atoms with Crippen molar-refractivity contribution in [3.8, 4) is 0 Å². The van der Waals surface area contributed by atoms with Crippen LogP contribution in [0.3, 0.4) is 0 Å². The minimum absolute atomic E-state index is 0.325. The van der Waals surface area contributed by atoms with Crippen molar-refractivity contribution in [1.82, 2.24) is 0 Å². The Morgan fingerprint density at radius 1 is 0.654 bits per heavy atom. The van der Waals surface area contributed by atoms with Gasteiger partial charge in [0.2, 0.25) is 5.60 Å². The summed E-state index contributed by atoms with van der Waals surface area (Å²) < 4.78 is 12.5. The van der Waals surface area contributed by atoms with Crippen molar-refractivity contribution in [1.29, 1.82) is 0 Å². The second kappa shape index (κ2) is 5.05. The summed E-state index contributed by atoms with van der Waals surface area (Å²) in [6.45, 7) is 1.83. The molecule has 128 valence electrons. The number of hydrogen-bond acceptors (Lipinski definition) is 3. The summed E-state index contributed by atoms with van der Waals surface area (Å²) in [7, 11) is 0. The molecule has 3 aromatic carbocycles. The predicted octanol–water partition coefficient (Wildman–Crippen LogP) is 4.17. The van der Waals surface area contributed by atoms with E-state index < -0.39 is 16.8 Å². The molecule has 3 heteroatoms. The van der Waals surface area contributed by atoms with Gasteiger partial charge in [-0.1, -0.05) is 91.0 Å². The number of rotatable bonds is 3. The maximum atomic E-state index is 12.9. The molecule has 0 aromatic heterocycles. The predicted molar refractivity (Wildman–Crippen MR) is 97.4 cm³/mol. The van der Waals surface area contributed by atoms with E-state index >= 15 is 0 Å². The average Bonchev–Trinajstić information content (AvgIpc) is 3.31. The van der Waals surface area contributed by atoms with Gasteiger partial charge < -0.3 is 9.47 Å². The largest absolute Gasteiger partial charge is 0.443 e. The molecule has 0 spiro atoms. The van der Waals surface area contributed by atoms with E-state index in [9.17, 15) is 4.79 Å². The van der Waals surface area contributed by atoms with Crippen molar-refractivity contribution >= 4 is 5.97 Å². The first-order valence-corrected chi connectivity index (χ1v) is 8.75. The highest BCUT2D eigenvalue weighted by Crippen LogP contribution is 2.72. The second-order valence-electron chi connectivity index (χ2n) is 6.99. The van der Waals surface area contributed by atoms with Crippen molar-refractivity contribution in [3.63, 3.8) is 0 Å². The quantitative estimate of drug-likeness (QED) is 0.530. The third-order valence-electron chi connectivity index (χ3n) is 5.66. The Morgan fingerprint density at radius 3 is 1.50 bits per heavy atom. The van der Waals surface area contributed by atoms with Crippen molar-refractivity contribution in [3.05, 3.63) is 108 Å². The number of epoxide rings is 1. The Kier molecular flexibility index (Phi) is 2.98. The minimum atomic E-state index is -1.03. The molecule has 2 atom stereocenters. The molecule has 2 saturated heterocycles. The molecule has 2 heterocycles. The third kappa shape index (κ3) is 1.64. The molecule has 0 unspecified atom stereocenters. The average molecular weight is 342 g/mol. The Hall–Kier alpha value is -2.91. The maximum Gasteiger partial charge on any atom is 0.343 e. The highest BCUT2D eigenvalue weighted by Gasteiger charge is 2.89. The van der Waals surface area contributed by atoms with Crippen molar-refractivity contribution in [2.45, 2.75) is 23.7 Å². The Balaban J connectivity index is 1.86. The van der Waals surface area contributed by atoms with Crippen LogP contribution in [0.1, 0.15) is 23.6 Å². The molecule has 0 saturated carbocycles. The van der Waals surface area contributed by atoms with E-state index in [0.717, 1.165) is 16.7 Å². The number of benzene rings is 3. The molecule has 3 nitrogen and oxygen atoms in total. The van der Waals surface area contributed by atoms with E-state index in [1.54, 1.807) is 0 Å². The molecule has 0 bridgehead atoms. The molecule has 2 fully saturated rings. The highest BCUT2D eigenvalue weighted by atomic mass is 16.7. The molecule has 5 rings (SSSR count). The fraction of sp³-hybridized carbons (Fsp3) is 0.174. The normalized spacial score (nSPS) is 28.3. The molecule has 3 aromatic rings. The number of ether oxygens (including phenoxy) is 2. The number of carbonyl (C=O) groups excluding carboxylic acids is 1. The van der Waals surface area contributed by atoms with E-state index in [4.69, 9.17) is 9.47 Å². The van der Waals surface area contributed by atoms with Gasteiger partial charge in [-0.2, -0.15) is 0 Å². The van der Waals surface area contributed by atoms with Crippen LogP contribution in [-0.2, 0) is 25.5 Å². The van der Waals surface area contributed by atoms with Gasteiger partial charge in [0, 0.05) is 11.1 Å². The molecule has 2 aliphatic rings. The van der Waals surface area contributed by atoms with Crippen LogP contribution < -0.4 is 0 Å². The van der Waals surface area contributed by atoms with Crippen molar-refractivity contribution in [2.24, 2.45) is 0 Å². The number of cyclic esters (lactones) is 1. The maximum absolute atomic E-state index is 12.9. The van der Waals surface area contributed by atoms with E-state index in [-0.39, 0.29) is 5.97 Å². The number of esters is 1. The first-order chi connectivity index (χ1) is 12.7. The molecule has 0 radical (unpaired) electrons. The zero-order valence-electron chi connectivity index (χ0n) is 14.4. The highest BCUT2D eigenvalue weighted by molar-refractivity contribution is 5.91. The second-order valence-corrected chi connectivity index (χ2v) is 6.99. The first kappa shape index (κ1) is 15.4. The van der Waals surface area contributed by atoms with Gasteiger partial charge in [0.25, 0.3) is 0 Å². The standard InChI is InChI=1S/C23H18O3/c1-21-20(24)25-22(17-11-5-2-6-12-17,18-13-7-3-8-14-18)23(21,26-21)19-15-9-4-10-16-19/h2-16H,1H3/t21-,23-/m1/s1. The summed E-state index contributed by atoms with van der Waals surface area (Å²) in [6, 6.07) is 29.7. The number of hydrogen-bond donors (Lipinski definition) is 0. The lowest BCUT2D eigenvalue weighted by molar-refractivity contribution is -0.164. The molecule has 2 aliphatic heterocycles. The van der Waals surface area contributed by atoms with Crippen LogP contribution >= 0.6 is 0 Å². The van der Waals surface area contributed by atoms with E-state index in [1.807, 2.05) is 97.9 Å². The van der Waals surface area contributed by atoms with Crippen LogP contribution in [0.25, 0.3) is 0 Å². The van der Waals surface area contributed by atoms with Gasteiger partial charge in [0.15, 0.2) is 11.2 Å². The van der Waals surface area contributed by atoms with Gasteiger partial charge >= 0.3 is 5.97 Å². The summed E-state index contributed by atoms with van der Waals surface area (Å²) in [5.74, 6) is -0.325. The van der Waals surface area contributed by atoms with Gasteiger partial charge in [-0.25, -0.2) is 4.79 Å². The lowest BCUT2D eigenvalue weighted by Crippen LogP contribution is -2.42. The summed E-state index contributed by atoms with van der Waals surface area (Å²) in [6.07, 6.45) is 0. The SMILES string of the molecule is C[C@]12O[C@@]1(c1ccccc1)C(c1ccccc1)(c1ccccc1)OC2=O. The van der Waals surface area contributed by atoms with Crippen LogP contribution in [0, 0.1) is 0 Å². The van der Waals surface area contributed by atoms with Crippen LogP contribution in [0.5, 0.6) is 0 Å². The molecule has 0 aliphatic carbocycles. The molecular weight excluding hydrogens is 324 g/mol. The van der Waals surface area contributed by atoms with Crippen molar-refractivity contribution in [2.75, 3.05) is 0 Å². The molecule has 26 heavy (non-hydrogen) atoms. The minimum Gasteiger partial charge on any atom is -0.443 e. The summed E-state index contributed by atoms with van der Waals surface area (Å²) in [4.78, 5) is 12.9. The van der Waals surface area contributed by atoms with Gasteiger partial charge in [0.1, 0.15) is 0 Å². The zero-order chi connectivity index (χ0) is 17.8. The monoisotopic (exact) mass is 342 g/mol. The fourth-order valence-corrected chi connectivity index (χ4v) is 4.43. The van der Waals surface area contributed by atoms with Gasteiger partial charge in [-0.15, -0.1) is 0 Å². The zero-order valence-corrected chi connectivity index (χ0v) is 14.4. The molecule has 0 N–H and O–H groups in total. The van der Waals surface area contributed by atoms with Gasteiger partial charge in [0.05, 0.1) is 0 Å². The van der Waals surface area contributed by atoms with Crippen LogP contribution in [0.4, 0.5) is 0 Å². The Labute approximate surface area is 152 Å². The summed E-state index contributed by atoms with van der Waals surface area (Å²) in [5, 5.41) is 0. The lowest BCUT2D eigenvalue weighted by Gasteiger charge is -2.36. The smallest absolute Gasteiger partial charge is 0.343 e. The lowest BCUT2D eigenvalue weighted by atomic mass is 9.69. The molecular formula is C23H18O3. The third-order valence-corrected chi connectivity index (χ3v) is 5.66. The van der Waals surface area contributed by atoms with E-state index in [1.165, 1.54) is 0 Å². The first-order valence-electron chi connectivity index (χ1n) is 8.75.